The van der Waals surface area contributed by atoms with E-state index in [0.717, 1.165) is 5.56 Å². The first-order valence-corrected chi connectivity index (χ1v) is 5.79. The molecule has 2 rings (SSSR count). The number of hydrogen-bond donors (Lipinski definition) is 2. The van der Waals surface area contributed by atoms with Crippen LogP contribution in [0.5, 0.6) is 0 Å². The summed E-state index contributed by atoms with van der Waals surface area (Å²) >= 11 is 0. The van der Waals surface area contributed by atoms with Crippen molar-refractivity contribution < 1.29 is 14.7 Å². The van der Waals surface area contributed by atoms with Crippen LogP contribution in [0.2, 0.25) is 0 Å². The molecule has 18 heavy (non-hydrogen) atoms. The molecule has 96 valence electrons. The van der Waals surface area contributed by atoms with Crippen molar-refractivity contribution in [3.8, 4) is 0 Å². The summed E-state index contributed by atoms with van der Waals surface area (Å²) in [5.41, 5.74) is 0.975. The molecule has 0 saturated carbocycles. The maximum atomic E-state index is 11.7. The fourth-order valence-electron chi connectivity index (χ4n) is 2.06. The highest BCUT2D eigenvalue weighted by molar-refractivity contribution is 5.86. The van der Waals surface area contributed by atoms with Gasteiger partial charge in [0.05, 0.1) is 6.42 Å². The van der Waals surface area contributed by atoms with Crippen LogP contribution in [0.1, 0.15) is 12.0 Å². The van der Waals surface area contributed by atoms with Crippen LogP contribution < -0.4 is 5.32 Å². The minimum absolute atomic E-state index is 0.175. The minimum Gasteiger partial charge on any atom is -0.481 e. The maximum Gasteiger partial charge on any atom is 0.305 e. The summed E-state index contributed by atoms with van der Waals surface area (Å²) < 4.78 is 0. The van der Waals surface area contributed by atoms with Crippen LogP contribution in [0.4, 0.5) is 0 Å². The van der Waals surface area contributed by atoms with E-state index in [0.29, 0.717) is 19.6 Å². The molecule has 0 aliphatic carbocycles. The van der Waals surface area contributed by atoms with Crippen molar-refractivity contribution in [3.63, 3.8) is 0 Å². The van der Waals surface area contributed by atoms with Crippen LogP contribution in [-0.4, -0.2) is 46.0 Å². The molecule has 1 fully saturated rings. The van der Waals surface area contributed by atoms with Gasteiger partial charge in [0.1, 0.15) is 6.04 Å². The predicted octanol–water partition coefficient (Wildman–Crippen LogP) is -0.143. The molecule has 2 N–H and O–H groups in total. The molecule has 1 aromatic heterocycles. The Hall–Kier alpha value is -1.95. The highest BCUT2D eigenvalue weighted by Crippen LogP contribution is 2.13. The number of carbonyl (C=O) groups is 2. The monoisotopic (exact) mass is 249 g/mol. The highest BCUT2D eigenvalue weighted by Gasteiger charge is 2.31. The number of nitrogens with zero attached hydrogens (tertiary/aromatic N) is 2. The third-order valence-electron chi connectivity index (χ3n) is 2.92. The van der Waals surface area contributed by atoms with Crippen molar-refractivity contribution in [2.75, 3.05) is 13.1 Å². The molecule has 1 saturated heterocycles. The summed E-state index contributed by atoms with van der Waals surface area (Å²) in [5.74, 6) is -1.18. The van der Waals surface area contributed by atoms with Crippen LogP contribution in [0.25, 0.3) is 0 Å². The van der Waals surface area contributed by atoms with E-state index >= 15 is 0 Å². The van der Waals surface area contributed by atoms with Crippen molar-refractivity contribution in [2.45, 2.75) is 19.0 Å². The number of carboxylic acid groups (broad SMARTS) is 1. The molecule has 0 unspecified atom stereocenters. The average Bonchev–Trinajstić information content (AvgIpc) is 2.34. The number of hydrogen-bond acceptors (Lipinski definition) is 4. The van der Waals surface area contributed by atoms with Gasteiger partial charge in [-0.2, -0.15) is 0 Å². The van der Waals surface area contributed by atoms with E-state index in [-0.39, 0.29) is 12.3 Å². The zero-order valence-electron chi connectivity index (χ0n) is 9.87. The number of carboxylic acids is 1. The summed E-state index contributed by atoms with van der Waals surface area (Å²) in [4.78, 5) is 28.4. The lowest BCUT2D eigenvalue weighted by atomic mass is 10.1. The lowest BCUT2D eigenvalue weighted by Gasteiger charge is -2.34. The molecule has 6 nitrogen and oxygen atoms in total. The topological polar surface area (TPSA) is 82.5 Å². The smallest absolute Gasteiger partial charge is 0.305 e. The number of pyridine rings is 1. The molecule has 1 aromatic rings. The number of amides is 1. The van der Waals surface area contributed by atoms with Gasteiger partial charge in [-0.1, -0.05) is 6.07 Å². The molecule has 6 heteroatoms. The molecular weight excluding hydrogens is 234 g/mol. The van der Waals surface area contributed by atoms with Crippen LogP contribution in [0.3, 0.4) is 0 Å². The number of aromatic nitrogens is 1. The van der Waals surface area contributed by atoms with Crippen LogP contribution >= 0.6 is 0 Å². The fourth-order valence-corrected chi connectivity index (χ4v) is 2.06. The van der Waals surface area contributed by atoms with Gasteiger partial charge in [0.2, 0.25) is 5.91 Å². The number of rotatable bonds is 4. The van der Waals surface area contributed by atoms with Crippen LogP contribution in [0.15, 0.2) is 24.5 Å². The molecule has 0 bridgehead atoms. The zero-order chi connectivity index (χ0) is 13.0. The summed E-state index contributed by atoms with van der Waals surface area (Å²) in [5, 5.41) is 11.5. The van der Waals surface area contributed by atoms with Gasteiger partial charge in [0.15, 0.2) is 0 Å². The SMILES string of the molecule is O=C(O)C[C@@H]1C(=O)NCCN1Cc1cccnc1. The Bertz CT molecular complexity index is 435. The minimum atomic E-state index is -0.965. The second-order valence-corrected chi connectivity index (χ2v) is 4.24. The number of piperazine rings is 1. The van der Waals surface area contributed by atoms with Gasteiger partial charge in [0, 0.05) is 32.0 Å². The Balaban J connectivity index is 2.08. The van der Waals surface area contributed by atoms with Crippen LogP contribution in [0, 0.1) is 0 Å². The Kier molecular flexibility index (Phi) is 3.88. The number of aliphatic carboxylic acids is 1. The van der Waals surface area contributed by atoms with E-state index in [4.69, 9.17) is 5.11 Å². The predicted molar refractivity (Wildman–Crippen MR) is 63.7 cm³/mol. The van der Waals surface area contributed by atoms with E-state index in [1.807, 2.05) is 17.0 Å². The molecule has 0 spiro atoms. The lowest BCUT2D eigenvalue weighted by Crippen LogP contribution is -2.55. The Labute approximate surface area is 105 Å². The summed E-state index contributed by atoms with van der Waals surface area (Å²) in [6.07, 6.45) is 3.23. The summed E-state index contributed by atoms with van der Waals surface area (Å²) in [7, 11) is 0. The van der Waals surface area contributed by atoms with Gasteiger partial charge in [-0.3, -0.25) is 19.5 Å². The largest absolute Gasteiger partial charge is 0.481 e. The van der Waals surface area contributed by atoms with Crippen molar-refractivity contribution in [1.82, 2.24) is 15.2 Å². The molecule has 0 aromatic carbocycles. The standard InChI is InChI=1S/C12H15N3O3/c16-11(17)6-10-12(18)14-4-5-15(10)8-9-2-1-3-13-7-9/h1-3,7,10H,4-6,8H2,(H,14,18)(H,16,17)/t10-/m1/s1. The van der Waals surface area contributed by atoms with E-state index in [9.17, 15) is 9.59 Å². The average molecular weight is 249 g/mol. The van der Waals surface area contributed by atoms with Gasteiger partial charge in [-0.25, -0.2) is 0 Å². The molecular formula is C12H15N3O3. The Morgan fingerprint density at radius 3 is 3.11 bits per heavy atom. The normalized spacial score (nSPS) is 20.4. The van der Waals surface area contributed by atoms with E-state index in [1.54, 1.807) is 12.4 Å². The quantitative estimate of drug-likeness (QED) is 0.776. The van der Waals surface area contributed by atoms with Gasteiger partial charge >= 0.3 is 5.97 Å². The van der Waals surface area contributed by atoms with Gasteiger partial charge in [0.25, 0.3) is 0 Å². The molecule has 1 atom stereocenters. The first-order chi connectivity index (χ1) is 8.66. The molecule has 1 aliphatic heterocycles. The second-order valence-electron chi connectivity index (χ2n) is 4.24. The maximum absolute atomic E-state index is 11.7. The Morgan fingerprint density at radius 2 is 2.44 bits per heavy atom. The third-order valence-corrected chi connectivity index (χ3v) is 2.92. The van der Waals surface area contributed by atoms with Gasteiger partial charge in [-0.15, -0.1) is 0 Å². The third kappa shape index (κ3) is 3.04. The fraction of sp³-hybridized carbons (Fsp3) is 0.417. The van der Waals surface area contributed by atoms with Crippen LogP contribution in [-0.2, 0) is 16.1 Å². The van der Waals surface area contributed by atoms with E-state index < -0.39 is 12.0 Å². The number of nitrogens with one attached hydrogen (secondary N) is 1. The molecule has 2 heterocycles. The summed E-state index contributed by atoms with van der Waals surface area (Å²) in [6.45, 7) is 1.74. The van der Waals surface area contributed by atoms with Gasteiger partial charge < -0.3 is 10.4 Å². The number of carbonyl (C=O) groups excluding carboxylic acids is 1. The summed E-state index contributed by atoms with van der Waals surface area (Å²) in [6, 6.07) is 3.14. The first-order valence-electron chi connectivity index (χ1n) is 5.79. The van der Waals surface area contributed by atoms with Crippen molar-refractivity contribution in [3.05, 3.63) is 30.1 Å². The highest BCUT2D eigenvalue weighted by atomic mass is 16.4. The zero-order valence-corrected chi connectivity index (χ0v) is 9.87. The lowest BCUT2D eigenvalue weighted by molar-refractivity contribution is -0.143. The Morgan fingerprint density at radius 1 is 1.61 bits per heavy atom. The first kappa shape index (κ1) is 12.5. The van der Waals surface area contributed by atoms with Gasteiger partial charge in [-0.05, 0) is 11.6 Å². The van der Waals surface area contributed by atoms with Crippen molar-refractivity contribution in [2.24, 2.45) is 0 Å². The molecule has 1 aliphatic rings. The van der Waals surface area contributed by atoms with Crippen molar-refractivity contribution >= 4 is 11.9 Å². The van der Waals surface area contributed by atoms with Crippen molar-refractivity contribution in [1.29, 1.82) is 0 Å². The second kappa shape index (κ2) is 5.59. The molecule has 0 radical (unpaired) electrons. The van der Waals surface area contributed by atoms with E-state index in [1.165, 1.54) is 0 Å². The molecule has 1 amide bonds. The van der Waals surface area contributed by atoms with E-state index in [2.05, 4.69) is 10.3 Å².